The summed E-state index contributed by atoms with van der Waals surface area (Å²) in [7, 11) is -8.09. The zero-order valence-corrected chi connectivity index (χ0v) is 20.3. The predicted molar refractivity (Wildman–Crippen MR) is 126 cm³/mol. The SMILES string of the molecule is CCCS(=O)(=O)c1c(S(=O)(=O)CCC)c2c(C)cccn2c1C(=O)N/N=C/c1ccncc1. The van der Waals surface area contributed by atoms with E-state index < -0.39 is 30.5 Å². The van der Waals surface area contributed by atoms with Gasteiger partial charge in [0.05, 0.1) is 23.2 Å². The number of hydrogen-bond acceptors (Lipinski definition) is 7. The van der Waals surface area contributed by atoms with Gasteiger partial charge in [-0.2, -0.15) is 5.10 Å². The van der Waals surface area contributed by atoms with Crippen LogP contribution in [-0.4, -0.2) is 49.8 Å². The molecule has 0 radical (unpaired) electrons. The van der Waals surface area contributed by atoms with Crippen LogP contribution in [0.1, 0.15) is 48.3 Å². The maximum atomic E-state index is 13.3. The number of aromatic nitrogens is 2. The van der Waals surface area contributed by atoms with E-state index in [1.165, 1.54) is 16.8 Å². The summed E-state index contributed by atoms with van der Waals surface area (Å²) in [6.45, 7) is 5.06. The summed E-state index contributed by atoms with van der Waals surface area (Å²) < 4.78 is 54.5. The van der Waals surface area contributed by atoms with E-state index in [9.17, 15) is 21.6 Å². The Morgan fingerprint density at radius 2 is 1.64 bits per heavy atom. The van der Waals surface area contributed by atoms with Crippen molar-refractivity contribution in [2.24, 2.45) is 5.10 Å². The lowest BCUT2D eigenvalue weighted by molar-refractivity contribution is 0.0945. The summed E-state index contributed by atoms with van der Waals surface area (Å²) in [5.41, 5.74) is 3.46. The fourth-order valence-corrected chi connectivity index (χ4v) is 7.66. The van der Waals surface area contributed by atoms with E-state index in [0.29, 0.717) is 17.5 Å². The van der Waals surface area contributed by atoms with Gasteiger partial charge in [0.15, 0.2) is 19.7 Å². The summed E-state index contributed by atoms with van der Waals surface area (Å²) in [6, 6.07) is 6.67. The lowest BCUT2D eigenvalue weighted by Gasteiger charge is -2.09. The molecule has 3 aromatic heterocycles. The molecule has 0 saturated carbocycles. The molecule has 0 aliphatic carbocycles. The minimum Gasteiger partial charge on any atom is -0.310 e. The number of amides is 1. The van der Waals surface area contributed by atoms with Crippen molar-refractivity contribution >= 4 is 37.3 Å². The van der Waals surface area contributed by atoms with Crippen molar-refractivity contribution in [3.05, 3.63) is 59.7 Å². The van der Waals surface area contributed by atoms with Crippen molar-refractivity contribution in [1.82, 2.24) is 14.8 Å². The minimum atomic E-state index is -4.09. The van der Waals surface area contributed by atoms with Crippen LogP contribution in [0.25, 0.3) is 5.52 Å². The summed E-state index contributed by atoms with van der Waals surface area (Å²) >= 11 is 0. The van der Waals surface area contributed by atoms with Gasteiger partial charge in [-0.1, -0.05) is 19.9 Å². The molecule has 0 unspecified atom stereocenters. The number of nitrogens with one attached hydrogen (secondary N) is 1. The second-order valence-electron chi connectivity index (χ2n) is 7.53. The van der Waals surface area contributed by atoms with E-state index in [0.717, 1.165) is 0 Å². The van der Waals surface area contributed by atoms with Gasteiger partial charge in [0.25, 0.3) is 5.91 Å². The number of fused-ring (bicyclic) bond motifs is 1. The number of aryl methyl sites for hydroxylation is 1. The lowest BCUT2D eigenvalue weighted by atomic mass is 10.2. The molecule has 1 N–H and O–H groups in total. The molecule has 0 atom stereocenters. The second-order valence-corrected chi connectivity index (χ2v) is 11.6. The molecule has 11 heteroatoms. The molecule has 3 rings (SSSR count). The first-order valence-electron chi connectivity index (χ1n) is 10.5. The van der Waals surface area contributed by atoms with Crippen LogP contribution in [-0.2, 0) is 19.7 Å². The number of carbonyl (C=O) groups is 1. The highest BCUT2D eigenvalue weighted by Gasteiger charge is 2.37. The molecule has 9 nitrogen and oxygen atoms in total. The van der Waals surface area contributed by atoms with Crippen LogP contribution in [0.2, 0.25) is 0 Å². The molecule has 0 spiro atoms. The van der Waals surface area contributed by atoms with Crippen molar-refractivity contribution in [1.29, 1.82) is 0 Å². The first-order valence-corrected chi connectivity index (χ1v) is 13.8. The first-order chi connectivity index (χ1) is 15.6. The zero-order chi connectivity index (χ0) is 24.2. The lowest BCUT2D eigenvalue weighted by Crippen LogP contribution is -2.23. The Bertz CT molecular complexity index is 1410. The van der Waals surface area contributed by atoms with Gasteiger partial charge in [0, 0.05) is 18.6 Å². The van der Waals surface area contributed by atoms with Crippen LogP contribution >= 0.6 is 0 Å². The van der Waals surface area contributed by atoms with E-state index >= 15 is 0 Å². The number of rotatable bonds is 9. The average molecular weight is 491 g/mol. The molecule has 1 amide bonds. The number of hydrazone groups is 1. The Balaban J connectivity index is 2.29. The van der Waals surface area contributed by atoms with Gasteiger partial charge in [-0.05, 0) is 49.1 Å². The fourth-order valence-electron chi connectivity index (χ4n) is 3.62. The Morgan fingerprint density at radius 1 is 1.03 bits per heavy atom. The largest absolute Gasteiger partial charge is 0.310 e. The molecular formula is C22H26N4O5S2. The normalized spacial score (nSPS) is 12.5. The van der Waals surface area contributed by atoms with Crippen molar-refractivity contribution in [2.75, 3.05) is 11.5 Å². The van der Waals surface area contributed by atoms with E-state index in [1.807, 2.05) is 0 Å². The van der Waals surface area contributed by atoms with Crippen molar-refractivity contribution in [3.63, 3.8) is 0 Å². The van der Waals surface area contributed by atoms with Gasteiger partial charge in [-0.15, -0.1) is 0 Å². The quantitative estimate of drug-likeness (QED) is 0.363. The van der Waals surface area contributed by atoms with Crippen LogP contribution < -0.4 is 5.43 Å². The highest BCUT2D eigenvalue weighted by molar-refractivity contribution is 7.94. The van der Waals surface area contributed by atoms with Crippen molar-refractivity contribution in [3.8, 4) is 0 Å². The molecule has 0 aliphatic rings. The Hall–Kier alpha value is -3.05. The molecule has 0 fully saturated rings. The predicted octanol–water partition coefficient (Wildman–Crippen LogP) is 2.77. The van der Waals surface area contributed by atoms with Gasteiger partial charge in [-0.3, -0.25) is 9.78 Å². The van der Waals surface area contributed by atoms with Gasteiger partial charge in [0.2, 0.25) is 0 Å². The van der Waals surface area contributed by atoms with Crippen LogP contribution in [0, 0.1) is 6.92 Å². The molecule has 0 bridgehead atoms. The number of sulfone groups is 2. The molecule has 0 saturated heterocycles. The highest BCUT2D eigenvalue weighted by atomic mass is 32.2. The maximum absolute atomic E-state index is 13.3. The number of nitrogens with zero attached hydrogens (tertiary/aromatic N) is 3. The average Bonchev–Trinajstić information content (AvgIpc) is 3.13. The monoisotopic (exact) mass is 490 g/mol. The Kier molecular flexibility index (Phi) is 7.33. The third-order valence-electron chi connectivity index (χ3n) is 4.94. The van der Waals surface area contributed by atoms with Crippen LogP contribution in [0.4, 0.5) is 0 Å². The molecule has 3 aromatic rings. The Labute approximate surface area is 193 Å². The number of pyridine rings is 2. The summed E-state index contributed by atoms with van der Waals surface area (Å²) in [5.74, 6) is -1.36. The molecule has 3 heterocycles. The standard InChI is InChI=1S/C22H26N4O5S2/c1-4-13-32(28,29)20-18-16(3)7-6-12-26(18)19(21(20)33(30,31)14-5-2)22(27)25-24-15-17-8-10-23-11-9-17/h6-12,15H,4-5,13-14H2,1-3H3,(H,25,27)/b24-15+. The second kappa shape index (κ2) is 9.84. The highest BCUT2D eigenvalue weighted by Crippen LogP contribution is 2.35. The summed E-state index contributed by atoms with van der Waals surface area (Å²) in [4.78, 5) is 16.3. The van der Waals surface area contributed by atoms with Gasteiger partial charge in [0.1, 0.15) is 15.5 Å². The third-order valence-corrected chi connectivity index (χ3v) is 9.00. The topological polar surface area (TPSA) is 127 Å². The minimum absolute atomic E-state index is 0.184. The van der Waals surface area contributed by atoms with Crippen molar-refractivity contribution in [2.45, 2.75) is 43.4 Å². The number of carbonyl (C=O) groups excluding carboxylic acids is 1. The third kappa shape index (κ3) is 4.98. The number of hydrogen-bond donors (Lipinski definition) is 1. The van der Waals surface area contributed by atoms with Gasteiger partial charge >= 0.3 is 0 Å². The zero-order valence-electron chi connectivity index (χ0n) is 18.6. The first kappa shape index (κ1) is 24.6. The fraction of sp³-hybridized carbons (Fsp3) is 0.318. The van der Waals surface area contributed by atoms with Crippen LogP contribution in [0.5, 0.6) is 0 Å². The molecule has 0 aromatic carbocycles. The van der Waals surface area contributed by atoms with E-state index in [-0.39, 0.29) is 34.0 Å². The Morgan fingerprint density at radius 3 is 2.24 bits per heavy atom. The smallest absolute Gasteiger partial charge is 0.289 e. The molecule has 176 valence electrons. The van der Waals surface area contributed by atoms with Gasteiger partial charge in [-0.25, -0.2) is 22.3 Å². The summed E-state index contributed by atoms with van der Waals surface area (Å²) in [5, 5.41) is 3.91. The molecule has 0 aliphatic heterocycles. The summed E-state index contributed by atoms with van der Waals surface area (Å²) in [6.07, 6.45) is 6.56. The van der Waals surface area contributed by atoms with Crippen LogP contribution in [0.15, 0.2) is 57.7 Å². The van der Waals surface area contributed by atoms with Crippen LogP contribution in [0.3, 0.4) is 0 Å². The van der Waals surface area contributed by atoms with Gasteiger partial charge < -0.3 is 4.40 Å². The van der Waals surface area contributed by atoms with Crippen molar-refractivity contribution < 1.29 is 21.6 Å². The maximum Gasteiger partial charge on any atom is 0.289 e. The van der Waals surface area contributed by atoms with E-state index in [2.05, 4.69) is 15.5 Å². The molecular weight excluding hydrogens is 464 g/mol. The van der Waals surface area contributed by atoms with E-state index in [1.54, 1.807) is 57.4 Å². The van der Waals surface area contributed by atoms with E-state index in [4.69, 9.17) is 0 Å². The molecule has 33 heavy (non-hydrogen) atoms.